The van der Waals surface area contributed by atoms with E-state index in [1.807, 2.05) is 13.8 Å². The van der Waals surface area contributed by atoms with Crippen LogP contribution in [0.4, 0.5) is 0 Å². The second kappa shape index (κ2) is 8.11. The van der Waals surface area contributed by atoms with E-state index < -0.39 is 13.9 Å². The molecule has 1 saturated heterocycles. The van der Waals surface area contributed by atoms with Crippen molar-refractivity contribution in [3.8, 4) is 0 Å². The van der Waals surface area contributed by atoms with Crippen LogP contribution in [0.5, 0.6) is 0 Å². The van der Waals surface area contributed by atoms with Crippen molar-refractivity contribution >= 4 is 18.7 Å². The monoisotopic (exact) mass is 398 g/mol. The third-order valence-corrected chi connectivity index (χ3v) is 10.8. The summed E-state index contributed by atoms with van der Waals surface area (Å²) >= 11 is 0. The summed E-state index contributed by atoms with van der Waals surface area (Å²) in [6, 6.07) is 21.4. The summed E-state index contributed by atoms with van der Waals surface area (Å²) in [5.41, 5.74) is -0.813. The van der Waals surface area contributed by atoms with Crippen LogP contribution in [0.3, 0.4) is 0 Å². The standard InChI is InChI=1S/C24H34O3Si/c1-23(2,3)28(20-12-8-6-9-13-20,21-14-10-7-11-15-21)26-18-19-16-17-22(27-19)24(4,5)25/h6-15,19,22,25H,16-18H2,1-5H3/t19-,22+/m1/s1. The lowest BCUT2D eigenvalue weighted by atomic mass is 9.99. The van der Waals surface area contributed by atoms with Crippen molar-refractivity contribution in [1.29, 1.82) is 0 Å². The Morgan fingerprint density at radius 3 is 1.79 bits per heavy atom. The van der Waals surface area contributed by atoms with Crippen LogP contribution in [0.15, 0.2) is 60.7 Å². The van der Waals surface area contributed by atoms with Crippen LogP contribution in [0.1, 0.15) is 47.5 Å². The Morgan fingerprint density at radius 1 is 0.893 bits per heavy atom. The normalized spacial score (nSPS) is 21.1. The first-order valence-corrected chi connectivity index (χ1v) is 12.2. The molecule has 3 rings (SSSR count). The van der Waals surface area contributed by atoms with Gasteiger partial charge in [0.15, 0.2) is 0 Å². The summed E-state index contributed by atoms with van der Waals surface area (Å²) in [5, 5.41) is 12.8. The molecule has 1 heterocycles. The summed E-state index contributed by atoms with van der Waals surface area (Å²) in [4.78, 5) is 0. The zero-order valence-corrected chi connectivity index (χ0v) is 18.8. The molecule has 2 aromatic carbocycles. The van der Waals surface area contributed by atoms with Gasteiger partial charge in [-0.25, -0.2) is 0 Å². The van der Waals surface area contributed by atoms with Gasteiger partial charge < -0.3 is 14.3 Å². The molecular weight excluding hydrogens is 364 g/mol. The summed E-state index contributed by atoms with van der Waals surface area (Å²) in [7, 11) is -2.53. The van der Waals surface area contributed by atoms with E-state index in [0.29, 0.717) is 6.61 Å². The second-order valence-electron chi connectivity index (χ2n) is 9.45. The van der Waals surface area contributed by atoms with Crippen LogP contribution in [0, 0.1) is 0 Å². The largest absolute Gasteiger partial charge is 0.405 e. The number of rotatable bonds is 6. The minimum atomic E-state index is -2.53. The van der Waals surface area contributed by atoms with E-state index in [-0.39, 0.29) is 17.2 Å². The first-order chi connectivity index (χ1) is 13.1. The summed E-state index contributed by atoms with van der Waals surface area (Å²) < 4.78 is 13.1. The Kier molecular flexibility index (Phi) is 6.16. The molecule has 4 heteroatoms. The minimum absolute atomic E-state index is 0.0260. The highest BCUT2D eigenvalue weighted by molar-refractivity contribution is 6.99. The predicted molar refractivity (Wildman–Crippen MR) is 118 cm³/mol. The van der Waals surface area contributed by atoms with Gasteiger partial charge in [-0.15, -0.1) is 0 Å². The van der Waals surface area contributed by atoms with E-state index in [4.69, 9.17) is 9.16 Å². The molecule has 0 spiro atoms. The Bertz CT molecular complexity index is 707. The van der Waals surface area contributed by atoms with Crippen molar-refractivity contribution in [1.82, 2.24) is 0 Å². The Balaban J connectivity index is 1.94. The molecule has 0 bridgehead atoms. The van der Waals surface area contributed by atoms with Crippen LogP contribution in [0.25, 0.3) is 0 Å². The van der Waals surface area contributed by atoms with Gasteiger partial charge >= 0.3 is 0 Å². The molecule has 0 radical (unpaired) electrons. The Labute approximate surface area is 170 Å². The highest BCUT2D eigenvalue weighted by Gasteiger charge is 2.50. The van der Waals surface area contributed by atoms with Crippen molar-refractivity contribution in [2.24, 2.45) is 0 Å². The number of aliphatic hydroxyl groups is 1. The highest BCUT2D eigenvalue weighted by Crippen LogP contribution is 2.37. The lowest BCUT2D eigenvalue weighted by molar-refractivity contribution is -0.0898. The van der Waals surface area contributed by atoms with Gasteiger partial charge in [-0.05, 0) is 42.1 Å². The minimum Gasteiger partial charge on any atom is -0.405 e. The molecule has 0 unspecified atom stereocenters. The van der Waals surface area contributed by atoms with Crippen LogP contribution < -0.4 is 10.4 Å². The maximum Gasteiger partial charge on any atom is 0.261 e. The molecule has 0 amide bonds. The van der Waals surface area contributed by atoms with Gasteiger partial charge in [0.2, 0.25) is 0 Å². The van der Waals surface area contributed by atoms with Gasteiger partial charge in [0.25, 0.3) is 8.32 Å². The molecule has 1 N–H and O–H groups in total. The van der Waals surface area contributed by atoms with E-state index in [1.165, 1.54) is 10.4 Å². The van der Waals surface area contributed by atoms with Crippen molar-refractivity contribution in [2.75, 3.05) is 6.61 Å². The molecule has 3 nitrogen and oxygen atoms in total. The third-order valence-electron chi connectivity index (χ3n) is 5.80. The maximum absolute atomic E-state index is 10.3. The highest BCUT2D eigenvalue weighted by atomic mass is 28.4. The van der Waals surface area contributed by atoms with E-state index >= 15 is 0 Å². The average molecular weight is 399 g/mol. The van der Waals surface area contributed by atoms with Crippen molar-refractivity contribution in [3.05, 3.63) is 60.7 Å². The van der Waals surface area contributed by atoms with Gasteiger partial charge in [-0.3, -0.25) is 0 Å². The third kappa shape index (κ3) is 4.25. The zero-order chi connectivity index (χ0) is 20.4. The smallest absolute Gasteiger partial charge is 0.261 e. The molecule has 0 aromatic heterocycles. The molecule has 1 aliphatic rings. The molecule has 0 saturated carbocycles. The average Bonchev–Trinajstić information content (AvgIpc) is 3.12. The van der Waals surface area contributed by atoms with Gasteiger partial charge in [-0.2, -0.15) is 0 Å². The van der Waals surface area contributed by atoms with Gasteiger partial charge in [0, 0.05) is 0 Å². The number of benzene rings is 2. The quantitative estimate of drug-likeness (QED) is 0.751. The van der Waals surface area contributed by atoms with Gasteiger partial charge in [-0.1, -0.05) is 81.4 Å². The topological polar surface area (TPSA) is 38.7 Å². The molecule has 0 aliphatic carbocycles. The lowest BCUT2D eigenvalue weighted by Crippen LogP contribution is -2.67. The molecule has 1 fully saturated rings. The van der Waals surface area contributed by atoms with E-state index in [2.05, 4.69) is 81.4 Å². The molecule has 152 valence electrons. The Morgan fingerprint density at radius 2 is 1.39 bits per heavy atom. The fourth-order valence-corrected chi connectivity index (χ4v) is 8.92. The fourth-order valence-electron chi connectivity index (χ4n) is 4.33. The van der Waals surface area contributed by atoms with Crippen LogP contribution >= 0.6 is 0 Å². The van der Waals surface area contributed by atoms with Gasteiger partial charge in [0.1, 0.15) is 0 Å². The summed E-state index contributed by atoms with van der Waals surface area (Å²) in [6.07, 6.45) is 1.70. The molecule has 28 heavy (non-hydrogen) atoms. The molecule has 2 atom stereocenters. The first kappa shape index (κ1) is 21.3. The van der Waals surface area contributed by atoms with E-state index in [9.17, 15) is 5.11 Å². The first-order valence-electron chi connectivity index (χ1n) is 10.3. The SMILES string of the molecule is CC(C)(O)[C@@H]1CC[C@H](CO[Si](c2ccccc2)(c2ccccc2)C(C)(C)C)O1. The fraction of sp³-hybridized carbons (Fsp3) is 0.500. The number of ether oxygens (including phenoxy) is 1. The number of hydrogen-bond donors (Lipinski definition) is 1. The van der Waals surface area contributed by atoms with Crippen LogP contribution in [-0.4, -0.2) is 37.8 Å². The number of hydrogen-bond acceptors (Lipinski definition) is 3. The second-order valence-corrected chi connectivity index (χ2v) is 13.8. The van der Waals surface area contributed by atoms with Crippen LogP contribution in [-0.2, 0) is 9.16 Å². The Hall–Kier alpha value is -1.46. The molecule has 1 aliphatic heterocycles. The summed E-state index contributed by atoms with van der Waals surface area (Å²) in [6.45, 7) is 11.1. The lowest BCUT2D eigenvalue weighted by Gasteiger charge is -2.43. The zero-order valence-electron chi connectivity index (χ0n) is 17.8. The van der Waals surface area contributed by atoms with Crippen molar-refractivity contribution in [3.63, 3.8) is 0 Å². The maximum atomic E-state index is 10.3. The van der Waals surface area contributed by atoms with E-state index in [1.54, 1.807) is 0 Å². The predicted octanol–water partition coefficient (Wildman–Crippen LogP) is 3.88. The van der Waals surface area contributed by atoms with Crippen molar-refractivity contribution in [2.45, 2.75) is 70.3 Å². The van der Waals surface area contributed by atoms with Crippen molar-refractivity contribution < 1.29 is 14.3 Å². The van der Waals surface area contributed by atoms with Crippen LogP contribution in [0.2, 0.25) is 5.04 Å². The van der Waals surface area contributed by atoms with E-state index in [0.717, 1.165) is 12.8 Å². The molecular formula is C24H34O3Si. The summed E-state index contributed by atoms with van der Waals surface area (Å²) in [5.74, 6) is 0. The van der Waals surface area contributed by atoms with Gasteiger partial charge in [0.05, 0.1) is 24.4 Å². The molecule has 2 aromatic rings.